The van der Waals surface area contributed by atoms with E-state index in [1.54, 1.807) is 19.3 Å². The standard InChI is InChI=1S/C21H22BClN2O3/c1-13-12-24-17-11-14(9-10-25(17)19(13)26)15-7-6-8-16(18(15)23)22-27-20(2,3)21(4,5)28-22/h6-12H,1-5H3. The van der Waals surface area contributed by atoms with Gasteiger partial charge in [0, 0.05) is 34.0 Å². The van der Waals surface area contributed by atoms with Crippen LogP contribution in [-0.4, -0.2) is 27.7 Å². The molecule has 1 saturated heterocycles. The minimum atomic E-state index is -0.540. The Balaban J connectivity index is 1.79. The summed E-state index contributed by atoms with van der Waals surface area (Å²) in [6.45, 7) is 9.80. The van der Waals surface area contributed by atoms with Crippen molar-refractivity contribution >= 4 is 29.8 Å². The highest BCUT2D eigenvalue weighted by Gasteiger charge is 2.52. The number of nitrogens with zero attached hydrogens (tertiary/aromatic N) is 2. The molecule has 28 heavy (non-hydrogen) atoms. The first-order chi connectivity index (χ1) is 13.1. The SMILES string of the molecule is Cc1cnc2cc(-c3cccc(B4OC(C)(C)C(C)(C)O4)c3Cl)ccn2c1=O. The number of aryl methyl sites for hydroxylation is 1. The molecule has 5 nitrogen and oxygen atoms in total. The first-order valence-corrected chi connectivity index (χ1v) is 9.61. The van der Waals surface area contributed by atoms with E-state index in [0.717, 1.165) is 16.6 Å². The van der Waals surface area contributed by atoms with Gasteiger partial charge in [0.25, 0.3) is 5.56 Å². The first-order valence-electron chi connectivity index (χ1n) is 9.23. The quantitative estimate of drug-likeness (QED) is 0.621. The van der Waals surface area contributed by atoms with Gasteiger partial charge >= 0.3 is 7.12 Å². The summed E-state index contributed by atoms with van der Waals surface area (Å²) in [6, 6.07) is 9.51. The molecule has 7 heteroatoms. The second kappa shape index (κ2) is 6.44. The van der Waals surface area contributed by atoms with Crippen molar-refractivity contribution in [2.75, 3.05) is 0 Å². The van der Waals surface area contributed by atoms with Crippen LogP contribution >= 0.6 is 11.6 Å². The third kappa shape index (κ3) is 2.96. The zero-order valence-corrected chi connectivity index (χ0v) is 17.4. The molecule has 2 aromatic heterocycles. The Hall–Kier alpha value is -2.15. The van der Waals surface area contributed by atoms with Crippen LogP contribution in [0.3, 0.4) is 0 Å². The summed E-state index contributed by atoms with van der Waals surface area (Å²) in [5.74, 6) is 0. The summed E-state index contributed by atoms with van der Waals surface area (Å²) < 4.78 is 13.8. The van der Waals surface area contributed by atoms with Gasteiger partial charge in [-0.2, -0.15) is 0 Å². The van der Waals surface area contributed by atoms with E-state index in [1.165, 1.54) is 4.40 Å². The van der Waals surface area contributed by atoms with Gasteiger partial charge in [-0.3, -0.25) is 9.20 Å². The normalized spacial score (nSPS) is 18.0. The van der Waals surface area contributed by atoms with Crippen LogP contribution in [0.5, 0.6) is 0 Å². The van der Waals surface area contributed by atoms with Crippen molar-refractivity contribution in [2.24, 2.45) is 0 Å². The summed E-state index contributed by atoms with van der Waals surface area (Å²) in [7, 11) is -0.540. The van der Waals surface area contributed by atoms with Gasteiger partial charge in [0.15, 0.2) is 0 Å². The zero-order valence-electron chi connectivity index (χ0n) is 16.6. The van der Waals surface area contributed by atoms with Gasteiger partial charge in [-0.15, -0.1) is 0 Å². The van der Waals surface area contributed by atoms with Gasteiger partial charge in [-0.1, -0.05) is 29.8 Å². The molecular formula is C21H22BClN2O3. The smallest absolute Gasteiger partial charge is 0.399 e. The van der Waals surface area contributed by atoms with Crippen molar-refractivity contribution in [2.45, 2.75) is 45.8 Å². The molecule has 0 amide bonds. The summed E-state index contributed by atoms with van der Waals surface area (Å²) in [5.41, 5.74) is 2.72. The van der Waals surface area contributed by atoms with Gasteiger partial charge in [-0.05, 0) is 52.3 Å². The fraction of sp³-hybridized carbons (Fsp3) is 0.333. The number of halogens is 1. The van der Waals surface area contributed by atoms with Crippen molar-refractivity contribution in [1.29, 1.82) is 0 Å². The van der Waals surface area contributed by atoms with E-state index < -0.39 is 18.3 Å². The first kappa shape index (κ1) is 19.2. The Bertz CT molecular complexity index is 1120. The second-order valence-electron chi connectivity index (χ2n) is 8.19. The summed E-state index contributed by atoms with van der Waals surface area (Å²) in [6.07, 6.45) is 3.31. The zero-order chi connectivity index (χ0) is 20.3. The Morgan fingerprint density at radius 3 is 2.46 bits per heavy atom. The molecule has 0 N–H and O–H groups in total. The van der Waals surface area contributed by atoms with Gasteiger partial charge < -0.3 is 9.31 Å². The maximum absolute atomic E-state index is 12.3. The summed E-state index contributed by atoms with van der Waals surface area (Å²) in [5, 5.41) is 0.569. The number of hydrogen-bond donors (Lipinski definition) is 0. The molecule has 1 fully saturated rings. The highest BCUT2D eigenvalue weighted by Crippen LogP contribution is 2.38. The molecule has 0 unspecified atom stereocenters. The predicted octanol–water partition coefficient (Wildman–Crippen LogP) is 3.62. The fourth-order valence-corrected chi connectivity index (χ4v) is 3.58. The number of aromatic nitrogens is 2. The highest BCUT2D eigenvalue weighted by molar-refractivity contribution is 6.66. The van der Waals surface area contributed by atoms with Crippen LogP contribution in [0.4, 0.5) is 0 Å². The lowest BCUT2D eigenvalue weighted by molar-refractivity contribution is 0.00578. The van der Waals surface area contributed by atoms with E-state index in [-0.39, 0.29) is 5.56 Å². The molecule has 144 valence electrons. The molecule has 0 bridgehead atoms. The average Bonchev–Trinajstić information content (AvgIpc) is 2.85. The van der Waals surface area contributed by atoms with Crippen molar-refractivity contribution < 1.29 is 9.31 Å². The minimum Gasteiger partial charge on any atom is -0.399 e. The van der Waals surface area contributed by atoms with Gasteiger partial charge in [0.05, 0.1) is 11.2 Å². The third-order valence-electron chi connectivity index (χ3n) is 5.73. The number of fused-ring (bicyclic) bond motifs is 1. The van der Waals surface area contributed by atoms with Crippen LogP contribution in [0.2, 0.25) is 5.02 Å². The fourth-order valence-electron chi connectivity index (χ4n) is 3.26. The molecule has 3 aromatic rings. The number of benzene rings is 1. The molecule has 0 radical (unpaired) electrons. The molecule has 0 spiro atoms. The number of pyridine rings is 1. The topological polar surface area (TPSA) is 52.8 Å². The summed E-state index contributed by atoms with van der Waals surface area (Å²) in [4.78, 5) is 16.6. The van der Waals surface area contributed by atoms with Crippen molar-refractivity contribution in [3.05, 3.63) is 63.7 Å². The summed E-state index contributed by atoms with van der Waals surface area (Å²) >= 11 is 6.77. The molecule has 1 aromatic carbocycles. The van der Waals surface area contributed by atoms with Gasteiger partial charge in [-0.25, -0.2) is 4.98 Å². The lowest BCUT2D eigenvalue weighted by Crippen LogP contribution is -2.41. The van der Waals surface area contributed by atoms with Crippen LogP contribution in [0.25, 0.3) is 16.8 Å². The largest absolute Gasteiger partial charge is 0.496 e. The minimum absolute atomic E-state index is 0.0754. The van der Waals surface area contributed by atoms with E-state index in [4.69, 9.17) is 20.9 Å². The maximum atomic E-state index is 12.3. The Labute approximate surface area is 169 Å². The lowest BCUT2D eigenvalue weighted by Gasteiger charge is -2.32. The van der Waals surface area contributed by atoms with Crippen LogP contribution < -0.4 is 11.0 Å². The van der Waals surface area contributed by atoms with Crippen molar-refractivity contribution in [1.82, 2.24) is 9.38 Å². The predicted molar refractivity (Wildman–Crippen MR) is 112 cm³/mol. The van der Waals surface area contributed by atoms with E-state index >= 15 is 0 Å². The molecule has 0 saturated carbocycles. The maximum Gasteiger partial charge on any atom is 0.496 e. The van der Waals surface area contributed by atoms with Crippen LogP contribution in [0, 0.1) is 6.92 Å². The van der Waals surface area contributed by atoms with E-state index in [9.17, 15) is 4.79 Å². The van der Waals surface area contributed by atoms with E-state index in [1.807, 2.05) is 58.0 Å². The Morgan fingerprint density at radius 1 is 1.11 bits per heavy atom. The lowest BCUT2D eigenvalue weighted by atomic mass is 9.78. The van der Waals surface area contributed by atoms with E-state index in [2.05, 4.69) is 4.98 Å². The van der Waals surface area contributed by atoms with E-state index in [0.29, 0.717) is 16.2 Å². The second-order valence-corrected chi connectivity index (χ2v) is 8.56. The van der Waals surface area contributed by atoms with Crippen LogP contribution in [0.15, 0.2) is 47.5 Å². The molecule has 1 aliphatic heterocycles. The molecule has 1 aliphatic rings. The van der Waals surface area contributed by atoms with Gasteiger partial charge in [0.2, 0.25) is 0 Å². The Morgan fingerprint density at radius 2 is 1.79 bits per heavy atom. The van der Waals surface area contributed by atoms with Crippen LogP contribution in [-0.2, 0) is 9.31 Å². The average molecular weight is 397 g/mol. The monoisotopic (exact) mass is 396 g/mol. The Kier molecular flexibility index (Phi) is 4.41. The molecule has 3 heterocycles. The third-order valence-corrected chi connectivity index (χ3v) is 6.15. The number of rotatable bonds is 2. The molecule has 4 rings (SSSR count). The highest BCUT2D eigenvalue weighted by atomic mass is 35.5. The molecule has 0 atom stereocenters. The van der Waals surface area contributed by atoms with Crippen molar-refractivity contribution in [3.63, 3.8) is 0 Å². The van der Waals surface area contributed by atoms with Gasteiger partial charge in [0.1, 0.15) is 5.65 Å². The molecular weight excluding hydrogens is 375 g/mol. The van der Waals surface area contributed by atoms with Crippen LogP contribution in [0.1, 0.15) is 33.3 Å². The molecule has 0 aliphatic carbocycles. The van der Waals surface area contributed by atoms with Crippen molar-refractivity contribution in [3.8, 4) is 11.1 Å². The number of hydrogen-bond acceptors (Lipinski definition) is 4.